The molecule has 3 rings (SSSR count). The molecule has 3 nitrogen and oxygen atoms in total. The first-order valence-corrected chi connectivity index (χ1v) is 7.59. The average Bonchev–Trinajstić information content (AvgIpc) is 2.96. The monoisotopic (exact) mass is 320 g/mol. The van der Waals surface area contributed by atoms with Gasteiger partial charge in [-0.25, -0.2) is 4.98 Å². The predicted molar refractivity (Wildman–Crippen MR) is 83.7 cm³/mol. The van der Waals surface area contributed by atoms with Crippen LogP contribution in [0.2, 0.25) is 10.2 Å². The summed E-state index contributed by atoms with van der Waals surface area (Å²) in [5.74, 6) is -0.0262. The van der Waals surface area contributed by atoms with Crippen LogP contribution in [-0.4, -0.2) is 22.3 Å². The number of pyridine rings is 1. The minimum atomic E-state index is -0.0262. The van der Waals surface area contributed by atoms with Gasteiger partial charge < -0.3 is 4.90 Å². The maximum Gasteiger partial charge on any atom is 0.254 e. The molecule has 2 aromatic rings. The molecule has 1 atom stereocenters. The van der Waals surface area contributed by atoms with Crippen LogP contribution in [0.4, 0.5) is 0 Å². The van der Waals surface area contributed by atoms with Gasteiger partial charge in [0.2, 0.25) is 0 Å². The lowest BCUT2D eigenvalue weighted by atomic mass is 10.0. The van der Waals surface area contributed by atoms with E-state index in [0.29, 0.717) is 15.7 Å². The summed E-state index contributed by atoms with van der Waals surface area (Å²) in [6.07, 6.45) is 3.45. The Morgan fingerprint density at radius 3 is 2.81 bits per heavy atom. The Balaban J connectivity index is 1.91. The topological polar surface area (TPSA) is 33.2 Å². The van der Waals surface area contributed by atoms with Gasteiger partial charge in [-0.05, 0) is 36.6 Å². The number of likely N-dealkylation sites (tertiary alicyclic amines) is 1. The van der Waals surface area contributed by atoms with Crippen molar-refractivity contribution in [1.29, 1.82) is 0 Å². The van der Waals surface area contributed by atoms with Crippen LogP contribution in [0.15, 0.2) is 42.6 Å². The van der Waals surface area contributed by atoms with Gasteiger partial charge >= 0.3 is 0 Å². The fourth-order valence-electron chi connectivity index (χ4n) is 2.78. The Morgan fingerprint density at radius 1 is 1.24 bits per heavy atom. The van der Waals surface area contributed by atoms with Crippen molar-refractivity contribution in [3.63, 3.8) is 0 Å². The number of nitrogens with zero attached hydrogens (tertiary/aromatic N) is 2. The number of aromatic nitrogens is 1. The lowest BCUT2D eigenvalue weighted by molar-refractivity contribution is 0.0735. The smallest absolute Gasteiger partial charge is 0.254 e. The molecule has 1 saturated heterocycles. The fraction of sp³-hybridized carbons (Fsp3) is 0.250. The summed E-state index contributed by atoms with van der Waals surface area (Å²) in [7, 11) is 0. The van der Waals surface area contributed by atoms with Gasteiger partial charge in [0.1, 0.15) is 5.15 Å². The Bertz CT molecular complexity index is 675. The first-order valence-electron chi connectivity index (χ1n) is 6.84. The van der Waals surface area contributed by atoms with Crippen LogP contribution < -0.4 is 0 Å². The van der Waals surface area contributed by atoms with Gasteiger partial charge in [0, 0.05) is 23.3 Å². The quantitative estimate of drug-likeness (QED) is 0.770. The number of halogens is 2. The molecule has 21 heavy (non-hydrogen) atoms. The lowest BCUT2D eigenvalue weighted by Crippen LogP contribution is -2.30. The van der Waals surface area contributed by atoms with Gasteiger partial charge in [-0.1, -0.05) is 41.4 Å². The molecule has 1 aliphatic rings. The van der Waals surface area contributed by atoms with Gasteiger partial charge in [0.25, 0.3) is 5.91 Å². The van der Waals surface area contributed by atoms with Crippen molar-refractivity contribution in [1.82, 2.24) is 9.88 Å². The van der Waals surface area contributed by atoms with E-state index in [1.807, 2.05) is 29.2 Å². The molecule has 5 heteroatoms. The Labute approximate surface area is 133 Å². The van der Waals surface area contributed by atoms with Crippen LogP contribution in [0.1, 0.15) is 34.8 Å². The van der Waals surface area contributed by atoms with Crippen molar-refractivity contribution < 1.29 is 4.79 Å². The van der Waals surface area contributed by atoms with Gasteiger partial charge in [0.15, 0.2) is 0 Å². The van der Waals surface area contributed by atoms with E-state index in [-0.39, 0.29) is 11.9 Å². The molecule has 108 valence electrons. The number of benzene rings is 1. The highest BCUT2D eigenvalue weighted by Crippen LogP contribution is 2.36. The Morgan fingerprint density at radius 2 is 2.05 bits per heavy atom. The van der Waals surface area contributed by atoms with E-state index < -0.39 is 0 Å². The van der Waals surface area contributed by atoms with E-state index in [1.54, 1.807) is 18.3 Å². The van der Waals surface area contributed by atoms with Crippen molar-refractivity contribution >= 4 is 29.1 Å². The molecule has 1 aromatic carbocycles. The molecule has 0 saturated carbocycles. The van der Waals surface area contributed by atoms with Crippen molar-refractivity contribution in [2.45, 2.75) is 18.9 Å². The van der Waals surface area contributed by atoms with E-state index in [2.05, 4.69) is 4.98 Å². The van der Waals surface area contributed by atoms with Crippen LogP contribution in [0.5, 0.6) is 0 Å². The zero-order chi connectivity index (χ0) is 14.8. The Kier molecular flexibility index (Phi) is 4.13. The molecule has 0 aliphatic carbocycles. The molecule has 0 N–H and O–H groups in total. The zero-order valence-corrected chi connectivity index (χ0v) is 12.8. The summed E-state index contributed by atoms with van der Waals surface area (Å²) >= 11 is 12.1. The number of amides is 1. The first kappa shape index (κ1) is 14.4. The van der Waals surface area contributed by atoms with Crippen LogP contribution in [0.3, 0.4) is 0 Å². The van der Waals surface area contributed by atoms with Crippen molar-refractivity contribution in [3.05, 3.63) is 63.9 Å². The molecule has 2 heterocycles. The van der Waals surface area contributed by atoms with Crippen LogP contribution in [-0.2, 0) is 0 Å². The molecule has 0 radical (unpaired) electrons. The van der Waals surface area contributed by atoms with Crippen LogP contribution in [0, 0.1) is 0 Å². The van der Waals surface area contributed by atoms with Crippen molar-refractivity contribution in [2.24, 2.45) is 0 Å². The predicted octanol–water partition coefficient (Wildman–Crippen LogP) is 4.37. The number of carbonyl (C=O) groups excluding carboxylic acids is 1. The molecule has 0 bridgehead atoms. The van der Waals surface area contributed by atoms with Gasteiger partial charge in [0.05, 0.1) is 6.04 Å². The second-order valence-electron chi connectivity index (χ2n) is 5.05. The van der Waals surface area contributed by atoms with E-state index >= 15 is 0 Å². The fourth-order valence-corrected chi connectivity index (χ4v) is 3.22. The standard InChI is InChI=1S/C16H14Cl2N2O/c17-13-5-2-1-4-12(13)14-6-3-9-20(14)16(21)11-7-8-19-15(18)10-11/h1-2,4-5,7-8,10,14H,3,6,9H2. The summed E-state index contributed by atoms with van der Waals surface area (Å²) in [6.45, 7) is 0.731. The largest absolute Gasteiger partial charge is 0.332 e. The normalized spacial score (nSPS) is 18.0. The summed E-state index contributed by atoms with van der Waals surface area (Å²) in [4.78, 5) is 18.5. The zero-order valence-electron chi connectivity index (χ0n) is 11.3. The number of rotatable bonds is 2. The summed E-state index contributed by atoms with van der Waals surface area (Å²) < 4.78 is 0. The summed E-state index contributed by atoms with van der Waals surface area (Å²) in [5, 5.41) is 1.03. The summed E-state index contributed by atoms with van der Waals surface area (Å²) in [5.41, 5.74) is 1.57. The summed E-state index contributed by atoms with van der Waals surface area (Å²) in [6, 6.07) is 11.0. The van der Waals surface area contributed by atoms with Crippen molar-refractivity contribution in [2.75, 3.05) is 6.54 Å². The van der Waals surface area contributed by atoms with Gasteiger partial charge in [-0.3, -0.25) is 4.79 Å². The second-order valence-corrected chi connectivity index (χ2v) is 5.84. The number of hydrogen-bond acceptors (Lipinski definition) is 2. The minimum Gasteiger partial charge on any atom is -0.332 e. The number of carbonyl (C=O) groups is 1. The maximum atomic E-state index is 12.7. The molecule has 1 fully saturated rings. The molecule has 1 unspecified atom stereocenters. The van der Waals surface area contributed by atoms with E-state index in [0.717, 1.165) is 24.9 Å². The molecular weight excluding hydrogens is 307 g/mol. The van der Waals surface area contributed by atoms with Gasteiger partial charge in [-0.2, -0.15) is 0 Å². The lowest BCUT2D eigenvalue weighted by Gasteiger charge is -2.26. The molecule has 1 aromatic heterocycles. The maximum absolute atomic E-state index is 12.7. The SMILES string of the molecule is O=C(c1ccnc(Cl)c1)N1CCCC1c1ccccc1Cl. The third-order valence-electron chi connectivity index (χ3n) is 3.75. The molecule has 1 aliphatic heterocycles. The average molecular weight is 321 g/mol. The molecular formula is C16H14Cl2N2O. The molecule has 0 spiro atoms. The van der Waals surface area contributed by atoms with Crippen molar-refractivity contribution in [3.8, 4) is 0 Å². The van der Waals surface area contributed by atoms with Crippen LogP contribution >= 0.6 is 23.2 Å². The Hall–Kier alpha value is -1.58. The highest BCUT2D eigenvalue weighted by atomic mass is 35.5. The third kappa shape index (κ3) is 2.89. The van der Waals surface area contributed by atoms with Crippen LogP contribution in [0.25, 0.3) is 0 Å². The minimum absolute atomic E-state index is 0.0261. The van der Waals surface area contributed by atoms with E-state index in [9.17, 15) is 4.79 Å². The number of hydrogen-bond donors (Lipinski definition) is 0. The second kappa shape index (κ2) is 6.04. The first-order chi connectivity index (χ1) is 10.2. The van der Waals surface area contributed by atoms with Gasteiger partial charge in [-0.15, -0.1) is 0 Å². The van der Waals surface area contributed by atoms with E-state index in [1.165, 1.54) is 0 Å². The van der Waals surface area contributed by atoms with E-state index in [4.69, 9.17) is 23.2 Å². The highest BCUT2D eigenvalue weighted by Gasteiger charge is 2.31. The third-order valence-corrected chi connectivity index (χ3v) is 4.30. The highest BCUT2D eigenvalue weighted by molar-refractivity contribution is 6.31. The molecule has 1 amide bonds.